The standard InChI is InChI=1S/C12H12N2O/c13-12(15)3-1-2-9-4-5-11-10(8-9)6-7-14-11/h4-5,8,14H,3,6-7H2,(H2,13,15). The van der Waals surface area contributed by atoms with Gasteiger partial charge in [-0.3, -0.25) is 4.79 Å². The number of carbonyl (C=O) groups excluding carboxylic acids is 1. The summed E-state index contributed by atoms with van der Waals surface area (Å²) >= 11 is 0. The van der Waals surface area contributed by atoms with Crippen molar-refractivity contribution in [1.29, 1.82) is 0 Å². The Morgan fingerprint density at radius 1 is 1.53 bits per heavy atom. The number of amides is 1. The third kappa shape index (κ3) is 2.29. The van der Waals surface area contributed by atoms with Crippen molar-refractivity contribution in [2.75, 3.05) is 11.9 Å². The minimum Gasteiger partial charge on any atom is -0.384 e. The molecule has 2 rings (SSSR count). The monoisotopic (exact) mass is 200 g/mol. The fourth-order valence-corrected chi connectivity index (χ4v) is 1.62. The van der Waals surface area contributed by atoms with E-state index in [1.165, 1.54) is 11.3 Å². The van der Waals surface area contributed by atoms with Gasteiger partial charge in [-0.25, -0.2) is 0 Å². The number of benzene rings is 1. The van der Waals surface area contributed by atoms with E-state index in [9.17, 15) is 4.79 Å². The Kier molecular flexibility index (Phi) is 2.59. The molecule has 1 aromatic carbocycles. The van der Waals surface area contributed by atoms with Gasteiger partial charge < -0.3 is 11.1 Å². The summed E-state index contributed by atoms with van der Waals surface area (Å²) in [4.78, 5) is 10.5. The van der Waals surface area contributed by atoms with Gasteiger partial charge in [-0.1, -0.05) is 11.8 Å². The van der Waals surface area contributed by atoms with Crippen LogP contribution in [0.4, 0.5) is 5.69 Å². The van der Waals surface area contributed by atoms with Crippen molar-refractivity contribution in [2.45, 2.75) is 12.8 Å². The SMILES string of the molecule is NC(=O)CC#Cc1ccc2c(c1)CCN2. The molecule has 0 aliphatic carbocycles. The molecule has 0 aromatic heterocycles. The number of hydrogen-bond donors (Lipinski definition) is 2. The summed E-state index contributed by atoms with van der Waals surface area (Å²) in [5, 5.41) is 3.28. The molecule has 1 aromatic rings. The summed E-state index contributed by atoms with van der Waals surface area (Å²) in [6.07, 6.45) is 1.16. The maximum Gasteiger partial charge on any atom is 0.229 e. The molecule has 15 heavy (non-hydrogen) atoms. The number of fused-ring (bicyclic) bond motifs is 1. The third-order valence-electron chi connectivity index (χ3n) is 2.31. The largest absolute Gasteiger partial charge is 0.384 e. The number of primary amides is 1. The minimum atomic E-state index is -0.384. The quantitative estimate of drug-likeness (QED) is 0.661. The zero-order valence-electron chi connectivity index (χ0n) is 8.34. The molecule has 0 atom stereocenters. The first-order valence-corrected chi connectivity index (χ1v) is 4.90. The molecule has 3 nitrogen and oxygen atoms in total. The number of hydrogen-bond acceptors (Lipinski definition) is 2. The Morgan fingerprint density at radius 2 is 2.40 bits per heavy atom. The molecule has 0 saturated heterocycles. The first-order valence-electron chi connectivity index (χ1n) is 4.90. The van der Waals surface area contributed by atoms with Crippen LogP contribution >= 0.6 is 0 Å². The van der Waals surface area contributed by atoms with Gasteiger partial charge in [0.25, 0.3) is 0 Å². The maximum atomic E-state index is 10.5. The number of nitrogens with one attached hydrogen (secondary N) is 1. The molecule has 0 radical (unpaired) electrons. The molecular formula is C12H12N2O. The lowest BCUT2D eigenvalue weighted by molar-refractivity contribution is -0.117. The Bertz CT molecular complexity index is 454. The van der Waals surface area contributed by atoms with Crippen molar-refractivity contribution in [3.05, 3.63) is 29.3 Å². The van der Waals surface area contributed by atoms with Crippen molar-refractivity contribution < 1.29 is 4.79 Å². The number of nitrogens with two attached hydrogens (primary N) is 1. The van der Waals surface area contributed by atoms with E-state index < -0.39 is 0 Å². The lowest BCUT2D eigenvalue weighted by Crippen LogP contribution is -2.08. The summed E-state index contributed by atoms with van der Waals surface area (Å²) in [6.45, 7) is 0.994. The Morgan fingerprint density at radius 3 is 3.20 bits per heavy atom. The molecule has 1 heterocycles. The van der Waals surface area contributed by atoms with Gasteiger partial charge in [0.15, 0.2) is 0 Å². The van der Waals surface area contributed by atoms with Crippen LogP contribution in [0.15, 0.2) is 18.2 Å². The smallest absolute Gasteiger partial charge is 0.229 e. The average molecular weight is 200 g/mol. The Hall–Kier alpha value is -1.95. The molecule has 0 spiro atoms. The summed E-state index contributed by atoms with van der Waals surface area (Å²) in [7, 11) is 0. The Balaban J connectivity index is 2.15. The summed E-state index contributed by atoms with van der Waals surface area (Å²) in [5.41, 5.74) is 8.42. The highest BCUT2D eigenvalue weighted by Gasteiger charge is 2.08. The zero-order chi connectivity index (χ0) is 10.7. The van der Waals surface area contributed by atoms with Crippen LogP contribution in [0.3, 0.4) is 0 Å². The molecule has 0 fully saturated rings. The van der Waals surface area contributed by atoms with Crippen LogP contribution in [-0.4, -0.2) is 12.5 Å². The van der Waals surface area contributed by atoms with Crippen LogP contribution in [0, 0.1) is 11.8 Å². The second-order valence-electron chi connectivity index (χ2n) is 3.49. The van der Waals surface area contributed by atoms with Crippen molar-refractivity contribution in [1.82, 2.24) is 0 Å². The van der Waals surface area contributed by atoms with Crippen molar-refractivity contribution in [3.8, 4) is 11.8 Å². The zero-order valence-corrected chi connectivity index (χ0v) is 8.34. The van der Waals surface area contributed by atoms with Gasteiger partial charge in [0.1, 0.15) is 0 Å². The van der Waals surface area contributed by atoms with Crippen LogP contribution in [-0.2, 0) is 11.2 Å². The predicted octanol–water partition coefficient (Wildman–Crippen LogP) is 0.881. The van der Waals surface area contributed by atoms with Crippen LogP contribution in [0.1, 0.15) is 17.5 Å². The normalized spacial score (nSPS) is 12.3. The highest BCUT2D eigenvalue weighted by Crippen LogP contribution is 2.22. The Labute approximate surface area is 88.7 Å². The first kappa shape index (κ1) is 9.60. The maximum absolute atomic E-state index is 10.5. The fourth-order valence-electron chi connectivity index (χ4n) is 1.62. The van der Waals surface area contributed by atoms with Crippen LogP contribution < -0.4 is 11.1 Å². The first-order chi connectivity index (χ1) is 7.25. The van der Waals surface area contributed by atoms with Crippen molar-refractivity contribution in [3.63, 3.8) is 0 Å². The van der Waals surface area contributed by atoms with Gasteiger partial charge in [0, 0.05) is 17.8 Å². The van der Waals surface area contributed by atoms with Gasteiger partial charge in [-0.15, -0.1) is 0 Å². The van der Waals surface area contributed by atoms with Crippen LogP contribution in [0.5, 0.6) is 0 Å². The summed E-state index contributed by atoms with van der Waals surface area (Å²) in [5.74, 6) is 5.29. The minimum absolute atomic E-state index is 0.120. The van der Waals surface area contributed by atoms with Crippen molar-refractivity contribution in [2.24, 2.45) is 5.73 Å². The molecule has 1 aliphatic rings. The molecule has 3 heteroatoms. The van der Waals surface area contributed by atoms with Gasteiger partial charge in [-0.2, -0.15) is 0 Å². The third-order valence-corrected chi connectivity index (χ3v) is 2.31. The van der Waals surface area contributed by atoms with E-state index in [1.54, 1.807) is 0 Å². The molecule has 0 saturated carbocycles. The molecular weight excluding hydrogens is 188 g/mol. The van der Waals surface area contributed by atoms with E-state index in [1.807, 2.05) is 12.1 Å². The molecule has 0 bridgehead atoms. The van der Waals surface area contributed by atoms with Gasteiger partial charge in [0.05, 0.1) is 6.42 Å². The molecule has 1 aliphatic heterocycles. The highest BCUT2D eigenvalue weighted by molar-refractivity contribution is 5.76. The van der Waals surface area contributed by atoms with E-state index in [4.69, 9.17) is 5.73 Å². The molecule has 3 N–H and O–H groups in total. The highest BCUT2D eigenvalue weighted by atomic mass is 16.1. The van der Waals surface area contributed by atoms with Gasteiger partial charge in [0.2, 0.25) is 5.91 Å². The number of rotatable bonds is 1. The van der Waals surface area contributed by atoms with E-state index in [2.05, 4.69) is 23.2 Å². The van der Waals surface area contributed by atoms with E-state index in [0.29, 0.717) is 0 Å². The van der Waals surface area contributed by atoms with E-state index >= 15 is 0 Å². The fraction of sp³-hybridized carbons (Fsp3) is 0.250. The summed E-state index contributed by atoms with van der Waals surface area (Å²) < 4.78 is 0. The van der Waals surface area contributed by atoms with Crippen molar-refractivity contribution >= 4 is 11.6 Å². The average Bonchev–Trinajstić information content (AvgIpc) is 2.64. The topological polar surface area (TPSA) is 55.1 Å². The lowest BCUT2D eigenvalue weighted by atomic mass is 10.1. The number of carbonyl (C=O) groups is 1. The summed E-state index contributed by atoms with van der Waals surface area (Å²) in [6, 6.07) is 6.03. The van der Waals surface area contributed by atoms with Crippen LogP contribution in [0.25, 0.3) is 0 Å². The van der Waals surface area contributed by atoms with Gasteiger partial charge in [-0.05, 0) is 30.2 Å². The van der Waals surface area contributed by atoms with E-state index in [0.717, 1.165) is 18.5 Å². The molecule has 76 valence electrons. The second-order valence-corrected chi connectivity index (χ2v) is 3.49. The van der Waals surface area contributed by atoms with E-state index in [-0.39, 0.29) is 12.3 Å². The van der Waals surface area contributed by atoms with Gasteiger partial charge >= 0.3 is 0 Å². The second kappa shape index (κ2) is 4.05. The van der Waals surface area contributed by atoms with Crippen LogP contribution in [0.2, 0.25) is 0 Å². The lowest BCUT2D eigenvalue weighted by Gasteiger charge is -1.98. The number of anilines is 1. The molecule has 0 unspecified atom stereocenters. The predicted molar refractivity (Wildman–Crippen MR) is 59.3 cm³/mol. The molecule has 1 amide bonds.